The number of hydrogen-bond acceptors (Lipinski definition) is 5. The van der Waals surface area contributed by atoms with Crippen LogP contribution in [-0.4, -0.2) is 45.4 Å². The Morgan fingerprint density at radius 2 is 2.14 bits per heavy atom. The summed E-state index contributed by atoms with van der Waals surface area (Å²) in [5, 5.41) is 8.75. The van der Waals surface area contributed by atoms with E-state index in [-0.39, 0.29) is 23.6 Å². The van der Waals surface area contributed by atoms with Crippen LogP contribution in [0.15, 0.2) is 23.1 Å². The molecule has 1 aliphatic rings. The van der Waals surface area contributed by atoms with E-state index in [2.05, 4.69) is 9.62 Å². The smallest absolute Gasteiger partial charge is 0.240 e. The lowest BCUT2D eigenvalue weighted by Crippen LogP contribution is -2.46. The summed E-state index contributed by atoms with van der Waals surface area (Å²) in [6.45, 7) is 7.27. The molecule has 1 aromatic carbocycles. The number of aliphatic hydroxyl groups excluding tert-OH is 1. The number of anilines is 1. The first-order valence-electron chi connectivity index (χ1n) is 6.97. The predicted octanol–water partition coefficient (Wildman–Crippen LogP) is 0.954. The molecule has 0 atom stereocenters. The molecule has 0 aliphatic carbocycles. The minimum atomic E-state index is -3.61. The maximum absolute atomic E-state index is 12.1. The summed E-state index contributed by atoms with van der Waals surface area (Å²) in [5.41, 5.74) is 0.474. The van der Waals surface area contributed by atoms with Crippen LogP contribution >= 0.6 is 0 Å². The Kier molecular flexibility index (Phi) is 4.46. The SMILES string of the molecule is CCN1CC(C)(C)Oc2ccc(S(=O)(=O)NCCO)cc21. The summed E-state index contributed by atoms with van der Waals surface area (Å²) >= 11 is 0. The molecule has 0 unspecified atom stereocenters. The third-order valence-corrected chi connectivity index (χ3v) is 4.78. The molecule has 2 rings (SSSR count). The lowest BCUT2D eigenvalue weighted by atomic mass is 10.1. The van der Waals surface area contributed by atoms with Crippen molar-refractivity contribution >= 4 is 15.7 Å². The fraction of sp³-hybridized carbons (Fsp3) is 0.571. The number of hydrogen-bond donors (Lipinski definition) is 2. The van der Waals surface area contributed by atoms with Gasteiger partial charge >= 0.3 is 0 Å². The van der Waals surface area contributed by atoms with Crippen LogP contribution in [0.25, 0.3) is 0 Å². The highest BCUT2D eigenvalue weighted by Crippen LogP contribution is 2.38. The summed E-state index contributed by atoms with van der Waals surface area (Å²) in [6, 6.07) is 4.83. The highest BCUT2D eigenvalue weighted by molar-refractivity contribution is 7.89. The first-order valence-corrected chi connectivity index (χ1v) is 8.46. The van der Waals surface area contributed by atoms with Gasteiger partial charge in [0.1, 0.15) is 11.4 Å². The third kappa shape index (κ3) is 3.48. The van der Waals surface area contributed by atoms with Crippen molar-refractivity contribution < 1.29 is 18.3 Å². The summed E-state index contributed by atoms with van der Waals surface area (Å²) in [7, 11) is -3.61. The van der Waals surface area contributed by atoms with Gasteiger partial charge in [0.25, 0.3) is 0 Å². The highest BCUT2D eigenvalue weighted by Gasteiger charge is 2.31. The molecular formula is C14H22N2O4S. The van der Waals surface area contributed by atoms with Crippen molar-refractivity contribution in [3.8, 4) is 5.75 Å². The molecular weight excluding hydrogens is 292 g/mol. The highest BCUT2D eigenvalue weighted by atomic mass is 32.2. The van der Waals surface area contributed by atoms with Crippen LogP contribution in [0.1, 0.15) is 20.8 Å². The van der Waals surface area contributed by atoms with E-state index in [1.165, 1.54) is 6.07 Å². The Balaban J connectivity index is 2.39. The van der Waals surface area contributed by atoms with Crippen LogP contribution in [0.5, 0.6) is 5.75 Å². The number of benzene rings is 1. The number of ether oxygens (including phenoxy) is 1. The first kappa shape index (κ1) is 16.1. The van der Waals surface area contributed by atoms with Crippen LogP contribution < -0.4 is 14.4 Å². The maximum Gasteiger partial charge on any atom is 0.240 e. The molecule has 118 valence electrons. The van der Waals surface area contributed by atoms with Gasteiger partial charge < -0.3 is 14.7 Å². The van der Waals surface area contributed by atoms with Crippen molar-refractivity contribution in [2.75, 3.05) is 31.1 Å². The standard InChI is InChI=1S/C14H22N2O4S/c1-4-16-10-14(2,3)20-13-6-5-11(9-12(13)16)21(18,19)15-7-8-17/h5-6,9,15,17H,4,7-8,10H2,1-3H3. The number of sulfonamides is 1. The molecule has 0 bridgehead atoms. The Morgan fingerprint density at radius 1 is 1.43 bits per heavy atom. The van der Waals surface area contributed by atoms with E-state index in [0.717, 1.165) is 12.2 Å². The lowest BCUT2D eigenvalue weighted by molar-refractivity contribution is 0.105. The molecule has 21 heavy (non-hydrogen) atoms. The van der Waals surface area contributed by atoms with Crippen molar-refractivity contribution in [1.29, 1.82) is 0 Å². The van der Waals surface area contributed by atoms with Crippen LogP contribution in [0, 0.1) is 0 Å². The number of likely N-dealkylation sites (N-methyl/N-ethyl adjacent to an activating group) is 1. The van der Waals surface area contributed by atoms with Gasteiger partial charge in [-0.3, -0.25) is 0 Å². The summed E-state index contributed by atoms with van der Waals surface area (Å²) in [5.74, 6) is 0.689. The zero-order valence-corrected chi connectivity index (χ0v) is 13.4. The summed E-state index contributed by atoms with van der Waals surface area (Å²) < 4.78 is 32.5. The van der Waals surface area contributed by atoms with Crippen LogP contribution in [-0.2, 0) is 10.0 Å². The van der Waals surface area contributed by atoms with Crippen molar-refractivity contribution in [3.63, 3.8) is 0 Å². The van der Waals surface area contributed by atoms with Gasteiger partial charge in [-0.05, 0) is 39.0 Å². The molecule has 0 fully saturated rings. The van der Waals surface area contributed by atoms with Crippen molar-refractivity contribution in [2.24, 2.45) is 0 Å². The molecule has 7 heteroatoms. The minimum absolute atomic E-state index is 0.000438. The van der Waals surface area contributed by atoms with E-state index in [0.29, 0.717) is 12.3 Å². The van der Waals surface area contributed by atoms with Crippen LogP contribution in [0.3, 0.4) is 0 Å². The van der Waals surface area contributed by atoms with Gasteiger partial charge in [-0.15, -0.1) is 0 Å². The Hall–Kier alpha value is -1.31. The molecule has 1 aromatic rings. The van der Waals surface area contributed by atoms with E-state index in [9.17, 15) is 8.42 Å². The van der Waals surface area contributed by atoms with Gasteiger partial charge in [-0.2, -0.15) is 0 Å². The second kappa shape index (κ2) is 5.82. The average Bonchev–Trinajstić information content (AvgIpc) is 2.42. The number of nitrogens with one attached hydrogen (secondary N) is 1. The topological polar surface area (TPSA) is 78.9 Å². The van der Waals surface area contributed by atoms with Crippen molar-refractivity contribution in [3.05, 3.63) is 18.2 Å². The lowest BCUT2D eigenvalue weighted by Gasteiger charge is -2.40. The van der Waals surface area contributed by atoms with Gasteiger partial charge in [-0.1, -0.05) is 0 Å². The monoisotopic (exact) mass is 314 g/mol. The molecule has 2 N–H and O–H groups in total. The van der Waals surface area contributed by atoms with Gasteiger partial charge in [0, 0.05) is 13.1 Å². The van der Waals surface area contributed by atoms with E-state index in [4.69, 9.17) is 9.84 Å². The van der Waals surface area contributed by atoms with E-state index >= 15 is 0 Å². The van der Waals surface area contributed by atoms with Crippen molar-refractivity contribution in [2.45, 2.75) is 31.3 Å². The fourth-order valence-corrected chi connectivity index (χ4v) is 3.46. The molecule has 1 heterocycles. The molecule has 0 spiro atoms. The minimum Gasteiger partial charge on any atom is -0.484 e. The molecule has 0 aromatic heterocycles. The first-order chi connectivity index (χ1) is 9.79. The van der Waals surface area contributed by atoms with E-state index in [1.54, 1.807) is 12.1 Å². The van der Waals surface area contributed by atoms with E-state index in [1.807, 2.05) is 20.8 Å². The Labute approximate surface area is 125 Å². The fourth-order valence-electron chi connectivity index (χ4n) is 2.42. The summed E-state index contributed by atoms with van der Waals surface area (Å²) in [4.78, 5) is 2.28. The maximum atomic E-state index is 12.1. The molecule has 6 nitrogen and oxygen atoms in total. The molecule has 1 aliphatic heterocycles. The number of aliphatic hydroxyl groups is 1. The number of fused-ring (bicyclic) bond motifs is 1. The second-order valence-corrected chi connectivity index (χ2v) is 7.39. The van der Waals surface area contributed by atoms with Crippen LogP contribution in [0.4, 0.5) is 5.69 Å². The average molecular weight is 314 g/mol. The normalized spacial score (nSPS) is 17.2. The largest absolute Gasteiger partial charge is 0.484 e. The zero-order chi connectivity index (χ0) is 15.7. The molecule has 0 saturated heterocycles. The van der Waals surface area contributed by atoms with Crippen molar-refractivity contribution in [1.82, 2.24) is 4.72 Å². The Bertz CT molecular complexity index is 613. The van der Waals surface area contributed by atoms with Gasteiger partial charge in [-0.25, -0.2) is 13.1 Å². The Morgan fingerprint density at radius 3 is 2.76 bits per heavy atom. The quantitative estimate of drug-likeness (QED) is 0.846. The zero-order valence-electron chi connectivity index (χ0n) is 12.6. The van der Waals surface area contributed by atoms with Gasteiger partial charge in [0.2, 0.25) is 10.0 Å². The molecule has 0 radical (unpaired) electrons. The predicted molar refractivity (Wildman–Crippen MR) is 81.3 cm³/mol. The number of rotatable bonds is 5. The van der Waals surface area contributed by atoms with E-state index < -0.39 is 10.0 Å². The molecule has 0 saturated carbocycles. The number of nitrogens with zero attached hydrogens (tertiary/aromatic N) is 1. The van der Waals surface area contributed by atoms with Crippen LogP contribution in [0.2, 0.25) is 0 Å². The third-order valence-electron chi connectivity index (χ3n) is 3.32. The summed E-state index contributed by atoms with van der Waals surface area (Å²) in [6.07, 6.45) is 0. The van der Waals surface area contributed by atoms with Gasteiger partial charge in [0.05, 0.1) is 23.7 Å². The molecule has 0 amide bonds. The second-order valence-electron chi connectivity index (χ2n) is 5.63. The van der Waals surface area contributed by atoms with Gasteiger partial charge in [0.15, 0.2) is 0 Å².